The Hall–Kier alpha value is -2.32. The number of pyridine rings is 1. The van der Waals surface area contributed by atoms with Crippen LogP contribution in [0, 0.1) is 0 Å². The summed E-state index contributed by atoms with van der Waals surface area (Å²) in [5.41, 5.74) is 1.50. The summed E-state index contributed by atoms with van der Waals surface area (Å²) in [4.78, 5) is 4.19. The summed E-state index contributed by atoms with van der Waals surface area (Å²) in [5, 5.41) is 3.17. The first-order chi connectivity index (χ1) is 10.9. The molecule has 0 radical (unpaired) electrons. The molecule has 0 amide bonds. The highest BCUT2D eigenvalue weighted by atomic mass is 32.2. The summed E-state index contributed by atoms with van der Waals surface area (Å²) in [5.74, 6) is 1.47. The Morgan fingerprint density at radius 1 is 1.13 bits per heavy atom. The van der Waals surface area contributed by atoms with Gasteiger partial charge in [-0.2, -0.15) is 12.7 Å². The number of methoxy groups -OCH3 is 1. The predicted octanol–water partition coefficient (Wildman–Crippen LogP) is 1.92. The average Bonchev–Trinajstić information content (AvgIpc) is 2.54. The van der Waals surface area contributed by atoms with Crippen molar-refractivity contribution in [1.29, 1.82) is 0 Å². The standard InChI is InChI=1S/C15H20N4O3S/c1-19(2)23(20,21)18-13-6-9-15(17-11-13)16-10-12-4-7-14(22-3)8-5-12/h4-9,11,18H,10H2,1-3H3,(H,16,17). The van der Waals surface area contributed by atoms with Crippen molar-refractivity contribution in [3.05, 3.63) is 48.2 Å². The summed E-state index contributed by atoms with van der Waals surface area (Å²) < 4.78 is 32.1. The molecule has 0 aliphatic heterocycles. The Bertz CT molecular complexity index is 728. The summed E-state index contributed by atoms with van der Waals surface area (Å²) in [6, 6.07) is 11.1. The van der Waals surface area contributed by atoms with Crippen molar-refractivity contribution in [2.24, 2.45) is 0 Å². The van der Waals surface area contributed by atoms with Gasteiger partial charge < -0.3 is 10.1 Å². The summed E-state index contributed by atoms with van der Waals surface area (Å²) in [7, 11) is 1.03. The van der Waals surface area contributed by atoms with Crippen molar-refractivity contribution in [3.63, 3.8) is 0 Å². The number of benzene rings is 1. The number of aromatic nitrogens is 1. The number of nitrogens with one attached hydrogen (secondary N) is 2. The fourth-order valence-corrected chi connectivity index (χ4v) is 2.34. The van der Waals surface area contributed by atoms with Gasteiger partial charge in [0.05, 0.1) is 19.0 Å². The first kappa shape index (κ1) is 17.0. The Morgan fingerprint density at radius 3 is 2.35 bits per heavy atom. The van der Waals surface area contributed by atoms with E-state index >= 15 is 0 Å². The molecule has 0 saturated carbocycles. The molecule has 124 valence electrons. The van der Waals surface area contributed by atoms with Crippen LogP contribution in [-0.4, -0.2) is 38.9 Å². The third-order valence-corrected chi connectivity index (χ3v) is 4.58. The Balaban J connectivity index is 1.94. The number of anilines is 2. The lowest BCUT2D eigenvalue weighted by atomic mass is 10.2. The molecule has 0 unspecified atom stereocenters. The monoisotopic (exact) mass is 336 g/mol. The molecule has 1 heterocycles. The van der Waals surface area contributed by atoms with E-state index in [0.29, 0.717) is 18.1 Å². The van der Waals surface area contributed by atoms with E-state index < -0.39 is 10.2 Å². The molecular formula is C15H20N4O3S. The van der Waals surface area contributed by atoms with Gasteiger partial charge >= 0.3 is 10.2 Å². The second-order valence-corrected chi connectivity index (χ2v) is 6.91. The van der Waals surface area contributed by atoms with Gasteiger partial charge in [0, 0.05) is 20.6 Å². The topological polar surface area (TPSA) is 83.6 Å². The predicted molar refractivity (Wildman–Crippen MR) is 90.8 cm³/mol. The van der Waals surface area contributed by atoms with Gasteiger partial charge in [0.25, 0.3) is 0 Å². The Morgan fingerprint density at radius 2 is 1.83 bits per heavy atom. The largest absolute Gasteiger partial charge is 0.497 e. The van der Waals surface area contributed by atoms with Crippen LogP contribution in [0.2, 0.25) is 0 Å². The third kappa shape index (κ3) is 4.83. The van der Waals surface area contributed by atoms with E-state index in [9.17, 15) is 8.42 Å². The normalized spacial score (nSPS) is 11.3. The maximum absolute atomic E-state index is 11.7. The fraction of sp³-hybridized carbons (Fsp3) is 0.267. The molecule has 0 aliphatic rings. The van der Waals surface area contributed by atoms with E-state index in [2.05, 4.69) is 15.0 Å². The van der Waals surface area contributed by atoms with Crippen LogP contribution in [0.4, 0.5) is 11.5 Å². The van der Waals surface area contributed by atoms with Gasteiger partial charge in [0.1, 0.15) is 11.6 Å². The van der Waals surface area contributed by atoms with Crippen LogP contribution in [0.1, 0.15) is 5.56 Å². The van der Waals surface area contributed by atoms with Gasteiger partial charge in [0.2, 0.25) is 0 Å². The SMILES string of the molecule is COc1ccc(CNc2ccc(NS(=O)(=O)N(C)C)cn2)cc1. The number of rotatable bonds is 7. The molecule has 1 aromatic heterocycles. The van der Waals surface area contributed by atoms with Gasteiger partial charge in [-0.1, -0.05) is 12.1 Å². The van der Waals surface area contributed by atoms with Crippen molar-refractivity contribution in [1.82, 2.24) is 9.29 Å². The van der Waals surface area contributed by atoms with Gasteiger partial charge in [-0.3, -0.25) is 4.72 Å². The van der Waals surface area contributed by atoms with Crippen LogP contribution < -0.4 is 14.8 Å². The zero-order chi connectivity index (χ0) is 16.9. The minimum atomic E-state index is -3.51. The second kappa shape index (κ2) is 7.30. The molecule has 8 heteroatoms. The van der Waals surface area contributed by atoms with Crippen molar-refractivity contribution in [2.45, 2.75) is 6.54 Å². The molecule has 23 heavy (non-hydrogen) atoms. The first-order valence-corrected chi connectivity index (χ1v) is 8.38. The molecule has 0 atom stereocenters. The van der Waals surface area contributed by atoms with E-state index in [4.69, 9.17) is 4.74 Å². The molecule has 1 aromatic carbocycles. The highest BCUT2D eigenvalue weighted by Crippen LogP contribution is 2.15. The van der Waals surface area contributed by atoms with E-state index in [1.807, 2.05) is 24.3 Å². The number of ether oxygens (including phenoxy) is 1. The fourth-order valence-electron chi connectivity index (χ4n) is 1.74. The third-order valence-electron chi connectivity index (χ3n) is 3.12. The Kier molecular flexibility index (Phi) is 5.41. The van der Waals surface area contributed by atoms with Crippen molar-refractivity contribution in [3.8, 4) is 5.75 Å². The average molecular weight is 336 g/mol. The molecule has 2 N–H and O–H groups in total. The summed E-state index contributed by atoms with van der Waals surface area (Å²) >= 11 is 0. The van der Waals surface area contributed by atoms with Crippen molar-refractivity contribution >= 4 is 21.7 Å². The lowest BCUT2D eigenvalue weighted by Crippen LogP contribution is -2.28. The van der Waals surface area contributed by atoms with Crippen LogP contribution in [0.3, 0.4) is 0 Å². The van der Waals surface area contributed by atoms with Crippen LogP contribution in [0.15, 0.2) is 42.6 Å². The maximum Gasteiger partial charge on any atom is 0.301 e. The van der Waals surface area contributed by atoms with Gasteiger partial charge in [0.15, 0.2) is 0 Å². The van der Waals surface area contributed by atoms with E-state index in [-0.39, 0.29) is 0 Å². The van der Waals surface area contributed by atoms with E-state index in [0.717, 1.165) is 15.6 Å². The molecule has 0 fully saturated rings. The number of hydrogen-bond acceptors (Lipinski definition) is 5. The quantitative estimate of drug-likeness (QED) is 0.807. The van der Waals surface area contributed by atoms with Crippen molar-refractivity contribution < 1.29 is 13.2 Å². The lowest BCUT2D eigenvalue weighted by molar-refractivity contribution is 0.414. The molecular weight excluding hydrogens is 316 g/mol. The van der Waals surface area contributed by atoms with Crippen LogP contribution in [0.5, 0.6) is 5.75 Å². The molecule has 0 aliphatic carbocycles. The molecule has 0 bridgehead atoms. The first-order valence-electron chi connectivity index (χ1n) is 6.94. The van der Waals surface area contributed by atoms with Gasteiger partial charge in [-0.05, 0) is 29.8 Å². The lowest BCUT2D eigenvalue weighted by Gasteiger charge is -2.13. The highest BCUT2D eigenvalue weighted by Gasteiger charge is 2.12. The second-order valence-electron chi connectivity index (χ2n) is 5.02. The maximum atomic E-state index is 11.7. The molecule has 0 saturated heterocycles. The smallest absolute Gasteiger partial charge is 0.301 e. The minimum Gasteiger partial charge on any atom is -0.497 e. The number of nitrogens with zero attached hydrogens (tertiary/aromatic N) is 2. The zero-order valence-corrected chi connectivity index (χ0v) is 14.1. The van der Waals surface area contributed by atoms with E-state index in [1.54, 1.807) is 19.2 Å². The van der Waals surface area contributed by atoms with Crippen LogP contribution in [-0.2, 0) is 16.8 Å². The zero-order valence-electron chi connectivity index (χ0n) is 13.3. The molecule has 2 aromatic rings. The van der Waals surface area contributed by atoms with Gasteiger partial charge in [-0.25, -0.2) is 4.98 Å². The molecule has 0 spiro atoms. The molecule has 7 nitrogen and oxygen atoms in total. The van der Waals surface area contributed by atoms with Gasteiger partial charge in [-0.15, -0.1) is 0 Å². The van der Waals surface area contributed by atoms with Crippen molar-refractivity contribution in [2.75, 3.05) is 31.2 Å². The highest BCUT2D eigenvalue weighted by molar-refractivity contribution is 7.90. The van der Waals surface area contributed by atoms with Crippen LogP contribution in [0.25, 0.3) is 0 Å². The van der Waals surface area contributed by atoms with E-state index in [1.165, 1.54) is 20.3 Å². The number of hydrogen-bond donors (Lipinski definition) is 2. The summed E-state index contributed by atoms with van der Waals surface area (Å²) in [6.07, 6.45) is 1.47. The minimum absolute atomic E-state index is 0.411. The Labute approximate surface area is 136 Å². The molecule has 2 rings (SSSR count). The summed E-state index contributed by atoms with van der Waals surface area (Å²) in [6.45, 7) is 0.611. The van der Waals surface area contributed by atoms with Crippen LogP contribution >= 0.6 is 0 Å².